The van der Waals surface area contributed by atoms with Crippen LogP contribution in [0.2, 0.25) is 0 Å². The van der Waals surface area contributed by atoms with Crippen LogP contribution in [0.1, 0.15) is 46.5 Å². The predicted octanol–water partition coefficient (Wildman–Crippen LogP) is 3.76. The van der Waals surface area contributed by atoms with Crippen LogP contribution in [0.15, 0.2) is 17.4 Å². The quantitative estimate of drug-likeness (QED) is 0.593. The maximum absolute atomic E-state index is 12.4. The van der Waals surface area contributed by atoms with E-state index in [1.165, 1.54) is 11.8 Å². The summed E-state index contributed by atoms with van der Waals surface area (Å²) < 4.78 is 11.3. The van der Waals surface area contributed by atoms with E-state index in [0.29, 0.717) is 17.6 Å². The van der Waals surface area contributed by atoms with Crippen LogP contribution in [-0.2, 0) is 4.74 Å². The van der Waals surface area contributed by atoms with E-state index in [-0.39, 0.29) is 12.1 Å². The fraction of sp³-hybridized carbons (Fsp3) is 0.706. The van der Waals surface area contributed by atoms with Crippen molar-refractivity contribution in [1.29, 1.82) is 0 Å². The molecular formula is C17H27N3O3S. The van der Waals surface area contributed by atoms with E-state index in [1.807, 2.05) is 31.9 Å². The lowest BCUT2D eigenvalue weighted by Gasteiger charge is -2.36. The smallest absolute Gasteiger partial charge is 0.410 e. The number of thioether (sulfide) groups is 1. The van der Waals surface area contributed by atoms with Crippen molar-refractivity contribution >= 4 is 17.9 Å². The molecule has 0 N–H and O–H groups in total. The van der Waals surface area contributed by atoms with Crippen LogP contribution in [0.4, 0.5) is 4.79 Å². The Kier molecular flexibility index (Phi) is 6.71. The summed E-state index contributed by atoms with van der Waals surface area (Å²) in [6.07, 6.45) is 7.33. The molecule has 24 heavy (non-hydrogen) atoms. The number of ether oxygens (including phenoxy) is 2. The predicted molar refractivity (Wildman–Crippen MR) is 94.5 cm³/mol. The zero-order valence-electron chi connectivity index (χ0n) is 14.9. The van der Waals surface area contributed by atoms with Crippen LogP contribution in [0.25, 0.3) is 0 Å². The third kappa shape index (κ3) is 5.85. The van der Waals surface area contributed by atoms with Crippen LogP contribution >= 0.6 is 11.8 Å². The molecule has 0 aliphatic carbocycles. The first-order chi connectivity index (χ1) is 11.4. The summed E-state index contributed by atoms with van der Waals surface area (Å²) in [5.41, 5.74) is -0.468. The molecule has 1 aromatic heterocycles. The maximum Gasteiger partial charge on any atom is 0.410 e. The standard InChI is InChI=1S/C17H27N3O3S/c1-17(2,3)23-16(21)20-11-6-5-7-13(20)9-12-22-14-8-10-18-15(19-14)24-4/h8,10,13H,5-7,9,11-12H2,1-4H3/t13-/m1/s1. The third-order valence-corrected chi connectivity index (χ3v) is 4.31. The van der Waals surface area contributed by atoms with E-state index in [4.69, 9.17) is 9.47 Å². The van der Waals surface area contributed by atoms with Crippen LogP contribution in [0.3, 0.4) is 0 Å². The molecule has 1 aromatic rings. The van der Waals surface area contributed by atoms with Gasteiger partial charge in [-0.1, -0.05) is 11.8 Å². The summed E-state index contributed by atoms with van der Waals surface area (Å²) >= 11 is 1.48. The first-order valence-electron chi connectivity index (χ1n) is 8.38. The number of nitrogens with zero attached hydrogens (tertiary/aromatic N) is 3. The molecule has 0 bridgehead atoms. The number of amides is 1. The average molecular weight is 353 g/mol. The summed E-state index contributed by atoms with van der Waals surface area (Å²) in [5, 5.41) is 0.695. The molecular weight excluding hydrogens is 326 g/mol. The molecule has 134 valence electrons. The van der Waals surface area contributed by atoms with Crippen molar-refractivity contribution in [2.24, 2.45) is 0 Å². The maximum atomic E-state index is 12.4. The second-order valence-electron chi connectivity index (χ2n) is 6.84. The van der Waals surface area contributed by atoms with Gasteiger partial charge in [0.2, 0.25) is 5.88 Å². The number of hydrogen-bond donors (Lipinski definition) is 0. The number of likely N-dealkylation sites (tertiary alicyclic amines) is 1. The Morgan fingerprint density at radius 2 is 2.21 bits per heavy atom. The van der Waals surface area contributed by atoms with E-state index in [1.54, 1.807) is 12.3 Å². The molecule has 0 unspecified atom stereocenters. The molecule has 2 heterocycles. The monoisotopic (exact) mass is 353 g/mol. The van der Waals surface area contributed by atoms with Crippen LogP contribution in [-0.4, -0.2) is 52.0 Å². The number of carbonyl (C=O) groups is 1. The van der Waals surface area contributed by atoms with E-state index < -0.39 is 5.60 Å². The molecule has 1 fully saturated rings. The molecule has 1 amide bonds. The van der Waals surface area contributed by atoms with Crippen molar-refractivity contribution < 1.29 is 14.3 Å². The van der Waals surface area contributed by atoms with Gasteiger partial charge in [0.15, 0.2) is 5.16 Å². The SMILES string of the molecule is CSc1nccc(OCC[C@H]2CCCCN2C(=O)OC(C)(C)C)n1. The van der Waals surface area contributed by atoms with Crippen molar-refractivity contribution in [3.63, 3.8) is 0 Å². The molecule has 7 heteroatoms. The van der Waals surface area contributed by atoms with Gasteiger partial charge in [0.25, 0.3) is 0 Å². The summed E-state index contributed by atoms with van der Waals surface area (Å²) in [6.45, 7) is 6.96. The molecule has 1 atom stereocenters. The summed E-state index contributed by atoms with van der Waals surface area (Å²) in [7, 11) is 0. The minimum Gasteiger partial charge on any atom is -0.477 e. The van der Waals surface area contributed by atoms with Gasteiger partial charge in [0.1, 0.15) is 5.60 Å². The number of carbonyl (C=O) groups excluding carboxylic acids is 1. The molecule has 1 aliphatic rings. The van der Waals surface area contributed by atoms with Gasteiger partial charge in [0, 0.05) is 31.3 Å². The lowest BCUT2D eigenvalue weighted by molar-refractivity contribution is 0.00737. The summed E-state index contributed by atoms with van der Waals surface area (Å²) in [4.78, 5) is 22.7. The zero-order valence-corrected chi connectivity index (χ0v) is 15.8. The Balaban J connectivity index is 1.87. The first-order valence-corrected chi connectivity index (χ1v) is 9.61. The fourth-order valence-corrected chi connectivity index (χ4v) is 3.01. The topological polar surface area (TPSA) is 64.5 Å². The Morgan fingerprint density at radius 1 is 1.42 bits per heavy atom. The molecule has 0 spiro atoms. The van der Waals surface area contributed by atoms with Crippen molar-refractivity contribution in [3.05, 3.63) is 12.3 Å². The van der Waals surface area contributed by atoms with Crippen molar-refractivity contribution in [3.8, 4) is 5.88 Å². The minimum atomic E-state index is -0.468. The van der Waals surface area contributed by atoms with Crippen molar-refractivity contribution in [1.82, 2.24) is 14.9 Å². The Bertz CT molecular complexity index is 548. The second kappa shape index (κ2) is 8.55. The highest BCUT2D eigenvalue weighted by Gasteiger charge is 2.30. The minimum absolute atomic E-state index is 0.162. The highest BCUT2D eigenvalue weighted by Crippen LogP contribution is 2.23. The summed E-state index contributed by atoms with van der Waals surface area (Å²) in [5.74, 6) is 0.578. The molecule has 0 aromatic carbocycles. The number of rotatable bonds is 5. The Labute approximate surface area is 148 Å². The van der Waals surface area contributed by atoms with Gasteiger partial charge in [-0.3, -0.25) is 0 Å². The first kappa shape index (κ1) is 18.8. The van der Waals surface area contributed by atoms with Crippen LogP contribution in [0, 0.1) is 0 Å². The lowest BCUT2D eigenvalue weighted by Crippen LogP contribution is -2.46. The third-order valence-electron chi connectivity index (χ3n) is 3.75. The van der Waals surface area contributed by atoms with Gasteiger partial charge >= 0.3 is 6.09 Å². The molecule has 1 aliphatic heterocycles. The normalized spacial score (nSPS) is 18.3. The average Bonchev–Trinajstić information content (AvgIpc) is 2.54. The van der Waals surface area contributed by atoms with Crippen LogP contribution in [0.5, 0.6) is 5.88 Å². The van der Waals surface area contributed by atoms with E-state index in [0.717, 1.165) is 32.2 Å². The highest BCUT2D eigenvalue weighted by atomic mass is 32.2. The van der Waals surface area contributed by atoms with Crippen molar-refractivity contribution in [2.75, 3.05) is 19.4 Å². The van der Waals surface area contributed by atoms with Crippen molar-refractivity contribution in [2.45, 2.75) is 63.3 Å². The highest BCUT2D eigenvalue weighted by molar-refractivity contribution is 7.98. The van der Waals surface area contributed by atoms with E-state index >= 15 is 0 Å². The molecule has 1 saturated heterocycles. The van der Waals surface area contributed by atoms with Gasteiger partial charge in [-0.2, -0.15) is 4.98 Å². The fourth-order valence-electron chi connectivity index (χ4n) is 2.67. The molecule has 0 radical (unpaired) electrons. The van der Waals surface area contributed by atoms with Gasteiger partial charge in [0.05, 0.1) is 6.61 Å². The molecule has 2 rings (SSSR count). The Morgan fingerprint density at radius 3 is 2.92 bits per heavy atom. The zero-order chi connectivity index (χ0) is 17.6. The second-order valence-corrected chi connectivity index (χ2v) is 7.62. The number of piperidine rings is 1. The van der Waals surface area contributed by atoms with Gasteiger partial charge in [-0.25, -0.2) is 9.78 Å². The van der Waals surface area contributed by atoms with Gasteiger partial charge in [-0.15, -0.1) is 0 Å². The van der Waals surface area contributed by atoms with Crippen LogP contribution < -0.4 is 4.74 Å². The largest absolute Gasteiger partial charge is 0.477 e. The number of aromatic nitrogens is 2. The number of hydrogen-bond acceptors (Lipinski definition) is 6. The molecule has 0 saturated carbocycles. The van der Waals surface area contributed by atoms with Gasteiger partial charge < -0.3 is 14.4 Å². The summed E-state index contributed by atoms with van der Waals surface area (Å²) in [6, 6.07) is 1.92. The van der Waals surface area contributed by atoms with E-state index in [9.17, 15) is 4.79 Å². The van der Waals surface area contributed by atoms with Gasteiger partial charge in [-0.05, 0) is 46.3 Å². The lowest BCUT2D eigenvalue weighted by atomic mass is 10.0. The molecule has 6 nitrogen and oxygen atoms in total. The van der Waals surface area contributed by atoms with E-state index in [2.05, 4.69) is 9.97 Å². The Hall–Kier alpha value is -1.50.